The van der Waals surface area contributed by atoms with Gasteiger partial charge in [0.05, 0.1) is 0 Å². The van der Waals surface area contributed by atoms with Crippen molar-refractivity contribution in [3.05, 3.63) is 59.7 Å². The summed E-state index contributed by atoms with van der Waals surface area (Å²) in [7, 11) is 0. The summed E-state index contributed by atoms with van der Waals surface area (Å²) in [5, 5.41) is 11.7. The molecule has 0 saturated heterocycles. The third-order valence-corrected chi connectivity index (χ3v) is 5.44. The molecule has 7 heteroatoms. The van der Waals surface area contributed by atoms with E-state index in [0.29, 0.717) is 0 Å². The third-order valence-electron chi connectivity index (χ3n) is 5.44. The summed E-state index contributed by atoms with van der Waals surface area (Å²) in [5.41, 5.74) is 4.55. The lowest BCUT2D eigenvalue weighted by molar-refractivity contribution is -0.146. The van der Waals surface area contributed by atoms with Crippen LogP contribution in [-0.2, 0) is 14.3 Å². The molecule has 164 valence electrons. The van der Waals surface area contributed by atoms with Gasteiger partial charge in [-0.25, -0.2) is 4.79 Å². The molecule has 0 aliphatic heterocycles. The lowest BCUT2D eigenvalue weighted by atomic mass is 9.98. The number of carboxylic acids is 1. The number of nitrogens with one attached hydrogen (secondary N) is 1. The van der Waals surface area contributed by atoms with Crippen LogP contribution in [0.2, 0.25) is 0 Å². The molecule has 0 heterocycles. The number of amides is 2. The van der Waals surface area contributed by atoms with Gasteiger partial charge in [0.2, 0.25) is 5.91 Å². The van der Waals surface area contributed by atoms with Crippen molar-refractivity contribution in [2.24, 2.45) is 0 Å². The molecule has 2 amide bonds. The van der Waals surface area contributed by atoms with E-state index in [1.165, 1.54) is 4.90 Å². The monoisotopic (exact) mass is 424 g/mol. The van der Waals surface area contributed by atoms with E-state index < -0.39 is 18.1 Å². The van der Waals surface area contributed by atoms with Crippen molar-refractivity contribution < 1.29 is 24.2 Å². The van der Waals surface area contributed by atoms with Crippen LogP contribution in [0.25, 0.3) is 11.1 Å². The number of carboxylic acid groups (broad SMARTS) is 1. The molecule has 0 bridgehead atoms. The normalized spacial score (nSPS) is 13.3. The van der Waals surface area contributed by atoms with Gasteiger partial charge in [0.15, 0.2) is 0 Å². The Morgan fingerprint density at radius 2 is 1.55 bits per heavy atom. The van der Waals surface area contributed by atoms with Crippen LogP contribution in [0.5, 0.6) is 0 Å². The van der Waals surface area contributed by atoms with Gasteiger partial charge < -0.3 is 20.1 Å². The Hall–Kier alpha value is -3.35. The van der Waals surface area contributed by atoms with E-state index in [1.807, 2.05) is 36.4 Å². The molecule has 2 aromatic carbocycles. The number of rotatable bonds is 8. The number of alkyl carbamates (subject to hydrolysis) is 1. The van der Waals surface area contributed by atoms with Crippen molar-refractivity contribution in [2.75, 3.05) is 13.2 Å². The van der Waals surface area contributed by atoms with E-state index >= 15 is 0 Å². The maximum Gasteiger partial charge on any atom is 0.407 e. The van der Waals surface area contributed by atoms with Crippen LogP contribution in [0.1, 0.15) is 44.2 Å². The fourth-order valence-electron chi connectivity index (χ4n) is 3.98. The van der Waals surface area contributed by atoms with Gasteiger partial charge in [-0.3, -0.25) is 9.59 Å². The Morgan fingerprint density at radius 1 is 1.00 bits per heavy atom. The van der Waals surface area contributed by atoms with Crippen molar-refractivity contribution in [2.45, 2.75) is 45.2 Å². The zero-order valence-corrected chi connectivity index (χ0v) is 18.0. The molecule has 1 aliphatic carbocycles. The number of ether oxygens (including phenoxy) is 1. The van der Waals surface area contributed by atoms with E-state index in [9.17, 15) is 14.4 Å². The Labute approximate surface area is 182 Å². The summed E-state index contributed by atoms with van der Waals surface area (Å²) in [6.07, 6.45) is -0.605. The van der Waals surface area contributed by atoms with Crippen molar-refractivity contribution in [3.63, 3.8) is 0 Å². The summed E-state index contributed by atoms with van der Waals surface area (Å²) in [4.78, 5) is 37.0. The topological polar surface area (TPSA) is 95.9 Å². The molecule has 7 nitrogen and oxygen atoms in total. The highest BCUT2D eigenvalue weighted by Gasteiger charge is 2.29. The molecule has 0 fully saturated rings. The first-order chi connectivity index (χ1) is 14.8. The third kappa shape index (κ3) is 5.23. The summed E-state index contributed by atoms with van der Waals surface area (Å²) < 4.78 is 5.50. The molecule has 0 spiro atoms. The van der Waals surface area contributed by atoms with Crippen LogP contribution < -0.4 is 5.32 Å². The average Bonchev–Trinajstić information content (AvgIpc) is 3.04. The predicted molar refractivity (Wildman–Crippen MR) is 117 cm³/mol. The highest BCUT2D eigenvalue weighted by Crippen LogP contribution is 2.44. The highest BCUT2D eigenvalue weighted by molar-refractivity contribution is 5.82. The van der Waals surface area contributed by atoms with E-state index in [4.69, 9.17) is 9.84 Å². The van der Waals surface area contributed by atoms with Crippen LogP contribution in [0, 0.1) is 0 Å². The Kier molecular flexibility index (Phi) is 6.95. The lowest BCUT2D eigenvalue weighted by Gasteiger charge is -2.26. The smallest absolute Gasteiger partial charge is 0.407 e. The number of hydrogen-bond donors (Lipinski definition) is 2. The maximum absolute atomic E-state index is 12.4. The molecule has 2 N–H and O–H groups in total. The standard InChI is InChI=1S/C24H28N2O5/c1-15(2)26(13-23(28)29)22(27)12-16(3)25-24(30)31-14-21-19-10-6-4-8-17(19)18-9-5-7-11-20(18)21/h4-11,15-16,21H,12-14H2,1-3H3,(H,25,30)(H,28,29)/t16-/m1/s1. The number of carbonyl (C=O) groups excluding carboxylic acids is 2. The zero-order chi connectivity index (χ0) is 22.5. The molecule has 3 rings (SSSR count). The lowest BCUT2D eigenvalue weighted by Crippen LogP contribution is -2.44. The minimum atomic E-state index is -1.07. The van der Waals surface area contributed by atoms with Crippen LogP contribution in [0.3, 0.4) is 0 Å². The number of aliphatic carboxylic acids is 1. The highest BCUT2D eigenvalue weighted by atomic mass is 16.5. The minimum Gasteiger partial charge on any atom is -0.480 e. The number of benzene rings is 2. The second-order valence-corrected chi connectivity index (χ2v) is 8.08. The Bertz CT molecular complexity index is 926. The molecular weight excluding hydrogens is 396 g/mol. The van der Waals surface area contributed by atoms with Crippen molar-refractivity contribution >= 4 is 18.0 Å². The molecule has 1 atom stereocenters. The van der Waals surface area contributed by atoms with E-state index in [-0.39, 0.29) is 37.4 Å². The van der Waals surface area contributed by atoms with Gasteiger partial charge in [-0.2, -0.15) is 0 Å². The fourth-order valence-corrected chi connectivity index (χ4v) is 3.98. The first-order valence-corrected chi connectivity index (χ1v) is 10.4. The van der Waals surface area contributed by atoms with Crippen LogP contribution in [0.15, 0.2) is 48.5 Å². The number of hydrogen-bond acceptors (Lipinski definition) is 4. The molecule has 0 aromatic heterocycles. The molecule has 0 saturated carbocycles. The molecule has 0 unspecified atom stereocenters. The van der Waals surface area contributed by atoms with E-state index in [1.54, 1.807) is 20.8 Å². The molecule has 1 aliphatic rings. The minimum absolute atomic E-state index is 0.00431. The van der Waals surface area contributed by atoms with Gasteiger partial charge in [0.1, 0.15) is 13.2 Å². The summed E-state index contributed by atoms with van der Waals surface area (Å²) in [5.74, 6) is -1.44. The van der Waals surface area contributed by atoms with Crippen molar-refractivity contribution in [3.8, 4) is 11.1 Å². The largest absolute Gasteiger partial charge is 0.480 e. The average molecular weight is 424 g/mol. The zero-order valence-electron chi connectivity index (χ0n) is 18.0. The Balaban J connectivity index is 1.57. The first kappa shape index (κ1) is 22.3. The maximum atomic E-state index is 12.4. The number of nitrogens with zero attached hydrogens (tertiary/aromatic N) is 1. The van der Waals surface area contributed by atoms with Gasteiger partial charge in [0.25, 0.3) is 0 Å². The van der Waals surface area contributed by atoms with Gasteiger partial charge in [0, 0.05) is 24.4 Å². The van der Waals surface area contributed by atoms with Crippen molar-refractivity contribution in [1.82, 2.24) is 10.2 Å². The van der Waals surface area contributed by atoms with Crippen molar-refractivity contribution in [1.29, 1.82) is 0 Å². The first-order valence-electron chi connectivity index (χ1n) is 10.4. The second kappa shape index (κ2) is 9.64. The number of fused-ring (bicyclic) bond motifs is 3. The molecule has 0 radical (unpaired) electrons. The molecule has 31 heavy (non-hydrogen) atoms. The molecular formula is C24H28N2O5. The van der Waals surface area contributed by atoms with E-state index in [2.05, 4.69) is 17.4 Å². The summed E-state index contributed by atoms with van der Waals surface area (Å²) in [6, 6.07) is 15.4. The van der Waals surface area contributed by atoms with Gasteiger partial charge in [-0.05, 0) is 43.0 Å². The second-order valence-electron chi connectivity index (χ2n) is 8.08. The SMILES string of the molecule is CC(C)N(CC(=O)O)C(=O)C[C@@H](C)NC(=O)OCC1c2ccccc2-c2ccccc21. The van der Waals surface area contributed by atoms with E-state index in [0.717, 1.165) is 22.3 Å². The quantitative estimate of drug-likeness (QED) is 0.675. The van der Waals surface area contributed by atoms with Gasteiger partial charge in [-0.15, -0.1) is 0 Å². The van der Waals surface area contributed by atoms with Gasteiger partial charge in [-0.1, -0.05) is 48.5 Å². The number of carbonyl (C=O) groups is 3. The predicted octanol–water partition coefficient (Wildman–Crippen LogP) is 3.63. The summed E-state index contributed by atoms with van der Waals surface area (Å²) in [6.45, 7) is 5.03. The molecule has 2 aromatic rings. The Morgan fingerprint density at radius 3 is 2.06 bits per heavy atom. The van der Waals surface area contributed by atoms with Crippen LogP contribution in [-0.4, -0.2) is 53.2 Å². The summed E-state index contributed by atoms with van der Waals surface area (Å²) >= 11 is 0. The van der Waals surface area contributed by atoms with Gasteiger partial charge >= 0.3 is 12.1 Å². The van der Waals surface area contributed by atoms with Crippen LogP contribution in [0.4, 0.5) is 4.79 Å². The fraction of sp³-hybridized carbons (Fsp3) is 0.375. The van der Waals surface area contributed by atoms with Crippen LogP contribution >= 0.6 is 0 Å².